The molecule has 7 heteroatoms. The molecule has 0 unspecified atom stereocenters. The van der Waals surface area contributed by atoms with Gasteiger partial charge in [0.05, 0.1) is 14.2 Å². The Morgan fingerprint density at radius 2 is 1.92 bits per heavy atom. The Balaban J connectivity index is 1.78. The number of benzene rings is 2. The highest BCUT2D eigenvalue weighted by atomic mass is 32.2. The van der Waals surface area contributed by atoms with Gasteiger partial charge in [0.25, 0.3) is 0 Å². The number of methoxy groups -OCH3 is 2. The lowest BCUT2D eigenvalue weighted by molar-refractivity contribution is 0.214. The first-order chi connectivity index (χ1) is 12.1. The third-order valence-electron chi connectivity index (χ3n) is 3.89. The average molecular weight is 362 g/mol. The van der Waals surface area contributed by atoms with E-state index < -0.39 is 0 Å². The summed E-state index contributed by atoms with van der Waals surface area (Å²) in [6.07, 6.45) is 0. The number of hydrogen-bond donors (Lipinski definition) is 1. The number of amides is 2. The number of halogens is 1. The zero-order valence-electron chi connectivity index (χ0n) is 14.0. The molecule has 1 saturated heterocycles. The van der Waals surface area contributed by atoms with Crippen LogP contribution in [0.4, 0.5) is 14.9 Å². The van der Waals surface area contributed by atoms with Gasteiger partial charge in [0.15, 0.2) is 0 Å². The minimum absolute atomic E-state index is 0.205. The molecule has 0 spiro atoms. The lowest BCUT2D eigenvalue weighted by atomic mass is 10.2. The predicted octanol–water partition coefficient (Wildman–Crippen LogP) is 4.12. The van der Waals surface area contributed by atoms with Gasteiger partial charge in [-0.25, -0.2) is 9.18 Å². The molecule has 0 aromatic heterocycles. The van der Waals surface area contributed by atoms with Crippen molar-refractivity contribution < 1.29 is 18.7 Å². The second-order valence-electron chi connectivity index (χ2n) is 5.50. The van der Waals surface area contributed by atoms with Crippen molar-refractivity contribution in [3.63, 3.8) is 0 Å². The Morgan fingerprint density at radius 1 is 1.20 bits per heavy atom. The van der Waals surface area contributed by atoms with Crippen LogP contribution >= 0.6 is 11.8 Å². The molecule has 0 bridgehead atoms. The van der Waals surface area contributed by atoms with E-state index in [0.717, 1.165) is 11.3 Å². The highest BCUT2D eigenvalue weighted by Crippen LogP contribution is 2.38. The smallest absolute Gasteiger partial charge is 0.323 e. The lowest BCUT2D eigenvalue weighted by Crippen LogP contribution is -2.34. The van der Waals surface area contributed by atoms with Crippen molar-refractivity contribution in [1.29, 1.82) is 0 Å². The van der Waals surface area contributed by atoms with Crippen LogP contribution in [0.15, 0.2) is 42.5 Å². The van der Waals surface area contributed by atoms with Gasteiger partial charge >= 0.3 is 6.03 Å². The largest absolute Gasteiger partial charge is 0.497 e. The number of carbonyl (C=O) groups excluding carboxylic acids is 1. The van der Waals surface area contributed by atoms with Crippen molar-refractivity contribution in [3.05, 3.63) is 53.8 Å². The Hall–Kier alpha value is -2.41. The Bertz CT molecular complexity index is 749. The van der Waals surface area contributed by atoms with E-state index in [4.69, 9.17) is 9.47 Å². The average Bonchev–Trinajstić information content (AvgIpc) is 3.11. The highest BCUT2D eigenvalue weighted by molar-refractivity contribution is 7.99. The molecule has 1 N–H and O–H groups in total. The van der Waals surface area contributed by atoms with Crippen molar-refractivity contribution in [2.45, 2.75) is 5.37 Å². The number of ether oxygens (including phenoxy) is 2. The summed E-state index contributed by atoms with van der Waals surface area (Å²) >= 11 is 1.62. The van der Waals surface area contributed by atoms with Crippen LogP contribution in [0.25, 0.3) is 0 Å². The molecule has 1 heterocycles. The minimum atomic E-state index is -0.303. The van der Waals surface area contributed by atoms with Crippen molar-refractivity contribution in [2.24, 2.45) is 0 Å². The van der Waals surface area contributed by atoms with Gasteiger partial charge < -0.3 is 19.7 Å². The summed E-state index contributed by atoms with van der Waals surface area (Å²) in [5.41, 5.74) is 1.36. The quantitative estimate of drug-likeness (QED) is 0.889. The maximum atomic E-state index is 13.5. The summed E-state index contributed by atoms with van der Waals surface area (Å²) in [5, 5.41) is 2.66. The Morgan fingerprint density at radius 3 is 2.56 bits per heavy atom. The van der Waals surface area contributed by atoms with Crippen LogP contribution in [-0.4, -0.2) is 37.4 Å². The molecule has 3 rings (SSSR count). The first-order valence-electron chi connectivity index (χ1n) is 7.78. The molecule has 132 valence electrons. The van der Waals surface area contributed by atoms with Crippen LogP contribution < -0.4 is 14.8 Å². The number of anilines is 1. The van der Waals surface area contributed by atoms with Crippen LogP contribution in [-0.2, 0) is 0 Å². The molecule has 25 heavy (non-hydrogen) atoms. The zero-order chi connectivity index (χ0) is 17.8. The molecule has 2 aromatic carbocycles. The topological polar surface area (TPSA) is 50.8 Å². The maximum Gasteiger partial charge on any atom is 0.323 e. The van der Waals surface area contributed by atoms with Gasteiger partial charge in [-0.05, 0) is 17.7 Å². The van der Waals surface area contributed by atoms with Crippen LogP contribution in [0, 0.1) is 5.82 Å². The van der Waals surface area contributed by atoms with Crippen molar-refractivity contribution >= 4 is 23.5 Å². The van der Waals surface area contributed by atoms with E-state index in [9.17, 15) is 9.18 Å². The number of hydrogen-bond acceptors (Lipinski definition) is 4. The van der Waals surface area contributed by atoms with E-state index in [2.05, 4.69) is 5.32 Å². The van der Waals surface area contributed by atoms with E-state index >= 15 is 0 Å². The summed E-state index contributed by atoms with van der Waals surface area (Å²) < 4.78 is 23.9. The monoisotopic (exact) mass is 362 g/mol. The second-order valence-corrected chi connectivity index (χ2v) is 6.69. The fourth-order valence-corrected chi connectivity index (χ4v) is 3.93. The normalized spacial score (nSPS) is 16.6. The number of rotatable bonds is 4. The van der Waals surface area contributed by atoms with E-state index in [1.165, 1.54) is 12.1 Å². The van der Waals surface area contributed by atoms with E-state index in [0.29, 0.717) is 23.7 Å². The van der Waals surface area contributed by atoms with E-state index in [-0.39, 0.29) is 17.2 Å². The molecule has 2 aromatic rings. The van der Waals surface area contributed by atoms with Crippen LogP contribution in [0.5, 0.6) is 11.5 Å². The Kier molecular flexibility index (Phi) is 5.33. The van der Waals surface area contributed by atoms with Gasteiger partial charge in [0.2, 0.25) is 0 Å². The molecular weight excluding hydrogens is 343 g/mol. The van der Waals surface area contributed by atoms with Gasteiger partial charge in [-0.15, -0.1) is 11.8 Å². The predicted molar refractivity (Wildman–Crippen MR) is 96.9 cm³/mol. The van der Waals surface area contributed by atoms with Gasteiger partial charge in [0.1, 0.15) is 22.7 Å². The number of nitrogens with zero attached hydrogens (tertiary/aromatic N) is 1. The van der Waals surface area contributed by atoms with Crippen molar-refractivity contribution in [1.82, 2.24) is 4.90 Å². The fourth-order valence-electron chi connectivity index (χ4n) is 2.69. The molecule has 0 radical (unpaired) electrons. The number of carbonyl (C=O) groups is 1. The first-order valence-corrected chi connectivity index (χ1v) is 8.83. The summed E-state index contributed by atoms with van der Waals surface area (Å²) in [7, 11) is 3.11. The minimum Gasteiger partial charge on any atom is -0.497 e. The molecule has 1 fully saturated rings. The molecule has 2 amide bonds. The first kappa shape index (κ1) is 17.4. The van der Waals surface area contributed by atoms with E-state index in [1.807, 2.05) is 6.07 Å². The maximum absolute atomic E-state index is 13.5. The van der Waals surface area contributed by atoms with Gasteiger partial charge in [-0.3, -0.25) is 0 Å². The molecule has 0 aliphatic carbocycles. The summed E-state index contributed by atoms with van der Waals surface area (Å²) in [6.45, 7) is 0.596. The molecule has 1 aliphatic rings. The summed E-state index contributed by atoms with van der Waals surface area (Å²) in [5.74, 6) is 1.68. The molecular formula is C18H19FN2O3S. The fraction of sp³-hybridized carbons (Fsp3) is 0.278. The van der Waals surface area contributed by atoms with Crippen molar-refractivity contribution in [2.75, 3.05) is 31.8 Å². The highest BCUT2D eigenvalue weighted by Gasteiger charge is 2.31. The summed E-state index contributed by atoms with van der Waals surface area (Å²) in [6, 6.07) is 11.3. The second kappa shape index (κ2) is 7.65. The van der Waals surface area contributed by atoms with E-state index in [1.54, 1.807) is 55.1 Å². The van der Waals surface area contributed by atoms with Gasteiger partial charge in [-0.1, -0.05) is 12.1 Å². The molecule has 1 aliphatic heterocycles. The third-order valence-corrected chi connectivity index (χ3v) is 5.15. The Labute approximate surface area is 150 Å². The number of nitrogens with one attached hydrogen (secondary N) is 1. The molecule has 0 saturated carbocycles. The van der Waals surface area contributed by atoms with Gasteiger partial charge in [0, 0.05) is 36.2 Å². The SMILES string of the molecule is COc1cc(NC(=O)N2CCS[C@@H]2c2cccc(F)c2)cc(OC)c1. The molecule has 5 nitrogen and oxygen atoms in total. The zero-order valence-corrected chi connectivity index (χ0v) is 14.8. The van der Waals surface area contributed by atoms with Gasteiger partial charge in [-0.2, -0.15) is 0 Å². The standard InChI is InChI=1S/C18H19FN2O3S/c1-23-15-9-14(10-16(11-15)24-2)20-18(22)21-6-7-25-17(21)12-4-3-5-13(19)8-12/h3-5,8-11,17H,6-7H2,1-2H3,(H,20,22)/t17-/m1/s1. The summed E-state index contributed by atoms with van der Waals surface area (Å²) in [4.78, 5) is 14.4. The number of urea groups is 1. The van der Waals surface area contributed by atoms with Crippen LogP contribution in [0.3, 0.4) is 0 Å². The lowest BCUT2D eigenvalue weighted by Gasteiger charge is -2.24. The van der Waals surface area contributed by atoms with Crippen LogP contribution in [0.1, 0.15) is 10.9 Å². The van der Waals surface area contributed by atoms with Crippen molar-refractivity contribution in [3.8, 4) is 11.5 Å². The van der Waals surface area contributed by atoms with Crippen LogP contribution in [0.2, 0.25) is 0 Å². The number of thioether (sulfide) groups is 1. The molecule has 1 atom stereocenters. The third kappa shape index (κ3) is 3.99.